The highest BCUT2D eigenvalue weighted by Crippen LogP contribution is 2.28. The number of phenols is 1. The molecule has 2 N–H and O–H groups in total. The van der Waals surface area contributed by atoms with Gasteiger partial charge in [-0.2, -0.15) is 0 Å². The summed E-state index contributed by atoms with van der Waals surface area (Å²) in [6.45, 7) is 4.52. The van der Waals surface area contributed by atoms with Crippen LogP contribution in [0.4, 0.5) is 0 Å². The molecule has 0 spiro atoms. The predicted octanol–water partition coefficient (Wildman–Crippen LogP) is 2.36. The van der Waals surface area contributed by atoms with Gasteiger partial charge in [0.1, 0.15) is 5.75 Å². The summed E-state index contributed by atoms with van der Waals surface area (Å²) in [7, 11) is 0. The van der Waals surface area contributed by atoms with Crippen LogP contribution in [0.15, 0.2) is 24.3 Å². The average molecular weight is 260 g/mol. The topological polar surface area (TPSA) is 35.5 Å². The molecule has 1 saturated carbocycles. The van der Waals surface area contributed by atoms with Crippen molar-refractivity contribution in [2.24, 2.45) is 5.92 Å². The molecule has 1 aliphatic heterocycles. The van der Waals surface area contributed by atoms with Crippen LogP contribution in [-0.2, 0) is 6.54 Å². The lowest BCUT2D eigenvalue weighted by Gasteiger charge is -2.32. The van der Waals surface area contributed by atoms with Crippen LogP contribution in [0.1, 0.15) is 31.2 Å². The second kappa shape index (κ2) is 5.93. The van der Waals surface area contributed by atoms with Crippen molar-refractivity contribution in [3.8, 4) is 5.75 Å². The van der Waals surface area contributed by atoms with Crippen LogP contribution in [0.3, 0.4) is 0 Å². The van der Waals surface area contributed by atoms with E-state index in [9.17, 15) is 5.11 Å². The molecule has 1 saturated heterocycles. The van der Waals surface area contributed by atoms with Gasteiger partial charge in [-0.1, -0.05) is 12.1 Å². The van der Waals surface area contributed by atoms with Crippen molar-refractivity contribution in [2.75, 3.05) is 19.6 Å². The molecule has 1 aliphatic carbocycles. The van der Waals surface area contributed by atoms with Gasteiger partial charge in [0.05, 0.1) is 0 Å². The summed E-state index contributed by atoms with van der Waals surface area (Å²) in [6.07, 6.45) is 5.38. The maximum atomic E-state index is 9.48. The molecule has 1 aromatic carbocycles. The lowest BCUT2D eigenvalue weighted by molar-refractivity contribution is 0.190. The molecule has 0 atom stereocenters. The minimum absolute atomic E-state index is 0.374. The van der Waals surface area contributed by atoms with Gasteiger partial charge < -0.3 is 10.4 Å². The zero-order valence-electron chi connectivity index (χ0n) is 11.5. The fourth-order valence-electron chi connectivity index (χ4n) is 2.86. The summed E-state index contributed by atoms with van der Waals surface area (Å²) in [5.41, 5.74) is 1.21. The Hall–Kier alpha value is -1.06. The Morgan fingerprint density at radius 2 is 1.95 bits per heavy atom. The van der Waals surface area contributed by atoms with Gasteiger partial charge in [0.25, 0.3) is 0 Å². The fraction of sp³-hybridized carbons (Fsp3) is 0.625. The summed E-state index contributed by atoms with van der Waals surface area (Å²) >= 11 is 0. The lowest BCUT2D eigenvalue weighted by Crippen LogP contribution is -2.42. The molecular formula is C16H24N2O. The molecular weight excluding hydrogens is 236 g/mol. The first-order valence-corrected chi connectivity index (χ1v) is 7.53. The second-order valence-corrected chi connectivity index (χ2v) is 6.07. The molecule has 1 aromatic rings. The number of hydrogen-bond acceptors (Lipinski definition) is 3. The fourth-order valence-corrected chi connectivity index (χ4v) is 2.86. The van der Waals surface area contributed by atoms with Crippen LogP contribution in [-0.4, -0.2) is 35.7 Å². The van der Waals surface area contributed by atoms with E-state index in [2.05, 4.69) is 16.3 Å². The van der Waals surface area contributed by atoms with Gasteiger partial charge in [0.2, 0.25) is 0 Å². The minimum atomic E-state index is 0.374. The predicted molar refractivity (Wildman–Crippen MR) is 77.1 cm³/mol. The minimum Gasteiger partial charge on any atom is -0.508 e. The van der Waals surface area contributed by atoms with Crippen molar-refractivity contribution in [2.45, 2.75) is 38.3 Å². The van der Waals surface area contributed by atoms with E-state index in [1.54, 1.807) is 6.07 Å². The normalized spacial score (nSPS) is 21.7. The molecule has 19 heavy (non-hydrogen) atoms. The van der Waals surface area contributed by atoms with Crippen LogP contribution < -0.4 is 5.32 Å². The maximum absolute atomic E-state index is 9.48. The first-order valence-electron chi connectivity index (χ1n) is 7.53. The van der Waals surface area contributed by atoms with Crippen LogP contribution in [0, 0.1) is 5.92 Å². The third-order valence-electron chi connectivity index (χ3n) is 4.30. The van der Waals surface area contributed by atoms with E-state index in [0.29, 0.717) is 5.75 Å². The first-order chi connectivity index (χ1) is 9.29. The highest BCUT2D eigenvalue weighted by atomic mass is 16.3. The van der Waals surface area contributed by atoms with Gasteiger partial charge in [-0.25, -0.2) is 0 Å². The zero-order valence-corrected chi connectivity index (χ0v) is 11.5. The van der Waals surface area contributed by atoms with Crippen LogP contribution >= 0.6 is 0 Å². The number of aromatic hydroxyl groups is 1. The van der Waals surface area contributed by atoms with E-state index >= 15 is 0 Å². The molecule has 0 amide bonds. The Morgan fingerprint density at radius 3 is 2.63 bits per heavy atom. The number of benzene rings is 1. The van der Waals surface area contributed by atoms with E-state index in [-0.39, 0.29) is 0 Å². The highest BCUT2D eigenvalue weighted by Gasteiger charge is 2.24. The van der Waals surface area contributed by atoms with Crippen molar-refractivity contribution in [3.05, 3.63) is 29.8 Å². The number of likely N-dealkylation sites (tertiary alicyclic amines) is 1. The van der Waals surface area contributed by atoms with Crippen molar-refractivity contribution >= 4 is 0 Å². The molecule has 1 heterocycles. The summed E-state index contributed by atoms with van der Waals surface area (Å²) in [6, 6.07) is 8.35. The average Bonchev–Trinajstić information content (AvgIpc) is 3.22. The molecule has 3 rings (SSSR count). The molecule has 2 aliphatic rings. The van der Waals surface area contributed by atoms with Gasteiger partial charge in [-0.05, 0) is 68.9 Å². The quantitative estimate of drug-likeness (QED) is 0.853. The third-order valence-corrected chi connectivity index (χ3v) is 4.30. The summed E-state index contributed by atoms with van der Waals surface area (Å²) in [4.78, 5) is 2.49. The molecule has 0 unspecified atom stereocenters. The van der Waals surface area contributed by atoms with Crippen LogP contribution in [0.2, 0.25) is 0 Å². The monoisotopic (exact) mass is 260 g/mol. The van der Waals surface area contributed by atoms with Gasteiger partial charge in [0, 0.05) is 12.6 Å². The van der Waals surface area contributed by atoms with Crippen molar-refractivity contribution in [3.63, 3.8) is 0 Å². The van der Waals surface area contributed by atoms with Crippen molar-refractivity contribution < 1.29 is 5.11 Å². The van der Waals surface area contributed by atoms with E-state index in [1.165, 1.54) is 37.8 Å². The van der Waals surface area contributed by atoms with Gasteiger partial charge in [0.15, 0.2) is 0 Å². The summed E-state index contributed by atoms with van der Waals surface area (Å²) in [5.74, 6) is 1.35. The largest absolute Gasteiger partial charge is 0.508 e. The Kier molecular flexibility index (Phi) is 4.04. The third kappa shape index (κ3) is 3.95. The number of phenolic OH excluding ortho intramolecular Hbond substituents is 1. The van der Waals surface area contributed by atoms with Gasteiger partial charge in [-0.15, -0.1) is 0 Å². The molecule has 0 radical (unpaired) electrons. The smallest absolute Gasteiger partial charge is 0.115 e. The van der Waals surface area contributed by atoms with Crippen LogP contribution in [0.5, 0.6) is 5.75 Å². The van der Waals surface area contributed by atoms with E-state index in [0.717, 1.165) is 31.6 Å². The van der Waals surface area contributed by atoms with Crippen LogP contribution in [0.25, 0.3) is 0 Å². The highest BCUT2D eigenvalue weighted by molar-refractivity contribution is 5.27. The molecule has 3 heteroatoms. The summed E-state index contributed by atoms with van der Waals surface area (Å²) in [5, 5.41) is 13.2. The summed E-state index contributed by atoms with van der Waals surface area (Å²) < 4.78 is 0. The molecule has 0 aromatic heterocycles. The molecule has 2 fully saturated rings. The zero-order chi connectivity index (χ0) is 13.1. The molecule has 3 nitrogen and oxygen atoms in total. The maximum Gasteiger partial charge on any atom is 0.115 e. The van der Waals surface area contributed by atoms with Crippen molar-refractivity contribution in [1.29, 1.82) is 0 Å². The van der Waals surface area contributed by atoms with Crippen molar-refractivity contribution in [1.82, 2.24) is 10.2 Å². The Labute approximate surface area is 115 Å². The van der Waals surface area contributed by atoms with E-state index in [4.69, 9.17) is 0 Å². The Morgan fingerprint density at radius 1 is 1.16 bits per heavy atom. The number of nitrogens with zero attached hydrogens (tertiary/aromatic N) is 1. The van der Waals surface area contributed by atoms with Gasteiger partial charge in [-0.3, -0.25) is 4.90 Å². The Balaban J connectivity index is 1.42. The number of piperidine rings is 1. The SMILES string of the molecule is Oc1cccc(CN2CCC(NCC3CC3)CC2)c1. The van der Waals surface area contributed by atoms with E-state index in [1.807, 2.05) is 12.1 Å². The molecule has 0 bridgehead atoms. The van der Waals surface area contributed by atoms with Gasteiger partial charge >= 0.3 is 0 Å². The number of hydrogen-bond donors (Lipinski definition) is 2. The lowest BCUT2D eigenvalue weighted by atomic mass is 10.0. The Bertz CT molecular complexity index is 409. The standard InChI is InChI=1S/C16H24N2O/c19-16-3-1-2-14(10-16)12-18-8-6-15(7-9-18)17-11-13-4-5-13/h1-3,10,13,15,17,19H,4-9,11-12H2. The second-order valence-electron chi connectivity index (χ2n) is 6.07. The van der Waals surface area contributed by atoms with E-state index < -0.39 is 0 Å². The number of rotatable bonds is 5. The molecule has 104 valence electrons. The number of nitrogens with one attached hydrogen (secondary N) is 1. The first kappa shape index (κ1) is 12.9.